The molecule has 2 rings (SSSR count). The lowest BCUT2D eigenvalue weighted by atomic mass is 9.97. The number of ether oxygens (including phenoxy) is 4. The van der Waals surface area contributed by atoms with Gasteiger partial charge >= 0.3 is 0 Å². The summed E-state index contributed by atoms with van der Waals surface area (Å²) in [7, 11) is 0. The minimum Gasteiger partial charge on any atom is -0.394 e. The SMILES string of the molecule is CC/C=C\C/C=C\C/C=C\C/C=C\CCCCCCC(=O)NC(COC1OC(CO)C(OC2OC(CO)C(O)C(O)C2O)C(O)C1O)C(O)/C=C/CCCCCCCCCCCC. The lowest BCUT2D eigenvalue weighted by molar-refractivity contribution is -0.359. The lowest BCUT2D eigenvalue weighted by Gasteiger charge is -2.46. The molecule has 14 heteroatoms. The number of aliphatic hydroxyl groups excluding tert-OH is 8. The highest BCUT2D eigenvalue weighted by Crippen LogP contribution is 2.30. The van der Waals surface area contributed by atoms with Gasteiger partial charge < -0.3 is 65.1 Å². The first-order valence-electron chi connectivity index (χ1n) is 24.0. The van der Waals surface area contributed by atoms with Crippen molar-refractivity contribution in [1.29, 1.82) is 0 Å². The van der Waals surface area contributed by atoms with Gasteiger partial charge in [-0.25, -0.2) is 0 Å². The zero-order chi connectivity index (χ0) is 46.1. The van der Waals surface area contributed by atoms with Crippen LogP contribution >= 0.6 is 0 Å². The Bertz CT molecular complexity index is 1290. The van der Waals surface area contributed by atoms with Gasteiger partial charge in [-0.2, -0.15) is 0 Å². The van der Waals surface area contributed by atoms with E-state index in [2.05, 4.69) is 67.8 Å². The molecule has 0 bridgehead atoms. The van der Waals surface area contributed by atoms with Crippen LogP contribution in [0, 0.1) is 0 Å². The Morgan fingerprint density at radius 1 is 0.587 bits per heavy atom. The largest absolute Gasteiger partial charge is 0.394 e. The molecule has 2 aliphatic heterocycles. The van der Waals surface area contributed by atoms with Crippen LogP contribution in [0.15, 0.2) is 60.8 Å². The van der Waals surface area contributed by atoms with E-state index in [0.29, 0.717) is 6.42 Å². The molecule has 12 atom stereocenters. The Hall–Kier alpha value is -2.31. The van der Waals surface area contributed by atoms with E-state index in [0.717, 1.165) is 70.6 Å². The number of allylic oxidation sites excluding steroid dienone is 9. The summed E-state index contributed by atoms with van der Waals surface area (Å²) in [5, 5.41) is 86.5. The molecule has 0 aromatic rings. The third kappa shape index (κ3) is 23.6. The molecular formula is C49H85NO13. The Morgan fingerprint density at radius 2 is 1.10 bits per heavy atom. The molecule has 2 fully saturated rings. The van der Waals surface area contributed by atoms with Crippen LogP contribution in [0.3, 0.4) is 0 Å². The van der Waals surface area contributed by atoms with Gasteiger partial charge in [0.15, 0.2) is 12.6 Å². The number of carbonyl (C=O) groups is 1. The van der Waals surface area contributed by atoms with E-state index < -0.39 is 86.8 Å². The summed E-state index contributed by atoms with van der Waals surface area (Å²) in [6.45, 7) is 2.61. The van der Waals surface area contributed by atoms with E-state index >= 15 is 0 Å². The minimum atomic E-state index is -1.79. The highest BCUT2D eigenvalue weighted by Gasteiger charge is 2.51. The normalized spacial score (nSPS) is 28.0. The topological polar surface area (TPSA) is 228 Å². The van der Waals surface area contributed by atoms with Gasteiger partial charge in [0.05, 0.1) is 32.0 Å². The molecule has 2 aliphatic rings. The van der Waals surface area contributed by atoms with Gasteiger partial charge in [0.2, 0.25) is 5.91 Å². The van der Waals surface area contributed by atoms with E-state index in [-0.39, 0.29) is 18.9 Å². The van der Waals surface area contributed by atoms with Crippen molar-refractivity contribution in [2.45, 2.75) is 222 Å². The summed E-state index contributed by atoms with van der Waals surface area (Å²) in [5.74, 6) is -0.268. The van der Waals surface area contributed by atoms with Gasteiger partial charge in [0, 0.05) is 6.42 Å². The molecular weight excluding hydrogens is 811 g/mol. The van der Waals surface area contributed by atoms with E-state index in [9.17, 15) is 45.6 Å². The van der Waals surface area contributed by atoms with Crippen molar-refractivity contribution in [3.05, 3.63) is 60.8 Å². The van der Waals surface area contributed by atoms with Gasteiger partial charge in [-0.15, -0.1) is 0 Å². The first kappa shape index (κ1) is 56.8. The molecule has 63 heavy (non-hydrogen) atoms. The van der Waals surface area contributed by atoms with Crippen molar-refractivity contribution >= 4 is 5.91 Å². The molecule has 364 valence electrons. The maximum Gasteiger partial charge on any atom is 0.220 e. The number of hydrogen-bond donors (Lipinski definition) is 9. The second-order valence-electron chi connectivity index (χ2n) is 16.9. The van der Waals surface area contributed by atoms with Gasteiger partial charge in [-0.1, -0.05) is 145 Å². The molecule has 0 radical (unpaired) electrons. The average molecular weight is 896 g/mol. The number of amides is 1. The van der Waals surface area contributed by atoms with Gasteiger partial charge in [0.1, 0.15) is 48.8 Å². The Kier molecular flexibility index (Phi) is 32.4. The van der Waals surface area contributed by atoms with Crippen LogP contribution < -0.4 is 5.32 Å². The number of nitrogens with one attached hydrogen (secondary N) is 1. The van der Waals surface area contributed by atoms with Crippen LogP contribution in [-0.4, -0.2) is 140 Å². The molecule has 12 unspecified atom stereocenters. The summed E-state index contributed by atoms with van der Waals surface area (Å²) < 4.78 is 22.6. The highest BCUT2D eigenvalue weighted by atomic mass is 16.7. The second kappa shape index (κ2) is 35.9. The smallest absolute Gasteiger partial charge is 0.220 e. The van der Waals surface area contributed by atoms with Crippen molar-refractivity contribution in [2.24, 2.45) is 0 Å². The van der Waals surface area contributed by atoms with Gasteiger partial charge in [-0.05, 0) is 57.8 Å². The zero-order valence-corrected chi connectivity index (χ0v) is 38.3. The summed E-state index contributed by atoms with van der Waals surface area (Å²) in [5.41, 5.74) is 0. The second-order valence-corrected chi connectivity index (χ2v) is 16.9. The molecule has 0 aliphatic carbocycles. The number of hydrogen-bond acceptors (Lipinski definition) is 13. The van der Waals surface area contributed by atoms with Crippen molar-refractivity contribution < 1.29 is 64.6 Å². The number of rotatable bonds is 35. The van der Waals surface area contributed by atoms with Crippen LogP contribution in [0.2, 0.25) is 0 Å². The Morgan fingerprint density at radius 3 is 1.68 bits per heavy atom. The lowest BCUT2D eigenvalue weighted by Crippen LogP contribution is -2.65. The summed E-state index contributed by atoms with van der Waals surface area (Å²) >= 11 is 0. The molecule has 9 N–H and O–H groups in total. The summed E-state index contributed by atoms with van der Waals surface area (Å²) in [6.07, 6.45) is 25.5. The quantitative estimate of drug-likeness (QED) is 0.0284. The molecule has 0 saturated carbocycles. The standard InChI is InChI=1S/C49H85NO13/c1-3-5-7-9-11-13-15-17-18-19-20-21-23-25-27-29-31-33-41(54)50-37(38(53)32-30-28-26-24-22-16-14-12-10-8-6-4-2)36-60-48-46(59)44(57)47(40(35-52)62-48)63-49-45(58)43(56)42(55)39(34-51)61-49/h5,7,11,13,17-18,20-21,30,32,37-40,42-49,51-53,55-59H,3-4,6,8-10,12,14-16,19,22-29,31,33-36H2,1-2H3,(H,50,54)/b7-5-,13-11-,18-17-,21-20-,32-30+. The van der Waals surface area contributed by atoms with Crippen molar-refractivity contribution in [2.75, 3.05) is 19.8 Å². The number of unbranched alkanes of at least 4 members (excludes halogenated alkanes) is 14. The summed E-state index contributed by atoms with van der Waals surface area (Å²) in [4.78, 5) is 13.1. The molecule has 14 nitrogen and oxygen atoms in total. The zero-order valence-electron chi connectivity index (χ0n) is 38.3. The van der Waals surface area contributed by atoms with Crippen LogP contribution in [0.1, 0.15) is 149 Å². The molecule has 2 saturated heterocycles. The summed E-state index contributed by atoms with van der Waals surface area (Å²) in [6, 6.07) is -0.928. The first-order chi connectivity index (χ1) is 30.6. The maximum atomic E-state index is 13.1. The maximum absolute atomic E-state index is 13.1. The first-order valence-corrected chi connectivity index (χ1v) is 24.0. The average Bonchev–Trinajstić information content (AvgIpc) is 3.28. The molecule has 0 aromatic heterocycles. The fraction of sp³-hybridized carbons (Fsp3) is 0.776. The number of aliphatic hydroxyl groups is 8. The van der Waals surface area contributed by atoms with E-state index in [1.54, 1.807) is 6.08 Å². The van der Waals surface area contributed by atoms with Crippen molar-refractivity contribution in [3.8, 4) is 0 Å². The Balaban J connectivity index is 1.89. The van der Waals surface area contributed by atoms with E-state index in [1.165, 1.54) is 51.4 Å². The minimum absolute atomic E-state index is 0.250. The monoisotopic (exact) mass is 896 g/mol. The third-order valence-corrected chi connectivity index (χ3v) is 11.5. The van der Waals surface area contributed by atoms with E-state index in [4.69, 9.17) is 18.9 Å². The van der Waals surface area contributed by atoms with Crippen LogP contribution in [0.5, 0.6) is 0 Å². The number of carbonyl (C=O) groups excluding carboxylic acids is 1. The Labute approximate surface area is 377 Å². The molecule has 2 heterocycles. The van der Waals surface area contributed by atoms with Gasteiger partial charge in [0.25, 0.3) is 0 Å². The molecule has 1 amide bonds. The molecule has 0 spiro atoms. The van der Waals surface area contributed by atoms with Crippen LogP contribution in [-0.2, 0) is 23.7 Å². The predicted molar refractivity (Wildman–Crippen MR) is 244 cm³/mol. The fourth-order valence-electron chi connectivity index (χ4n) is 7.51. The van der Waals surface area contributed by atoms with Crippen molar-refractivity contribution in [1.82, 2.24) is 5.32 Å². The van der Waals surface area contributed by atoms with Crippen LogP contribution in [0.4, 0.5) is 0 Å². The van der Waals surface area contributed by atoms with E-state index in [1.807, 2.05) is 6.08 Å². The van der Waals surface area contributed by atoms with Crippen molar-refractivity contribution in [3.63, 3.8) is 0 Å². The predicted octanol–water partition coefficient (Wildman–Crippen LogP) is 5.49. The highest BCUT2D eigenvalue weighted by molar-refractivity contribution is 5.76. The van der Waals surface area contributed by atoms with Crippen LogP contribution in [0.25, 0.3) is 0 Å². The molecule has 0 aromatic carbocycles. The fourth-order valence-corrected chi connectivity index (χ4v) is 7.51. The third-order valence-electron chi connectivity index (χ3n) is 11.5. The van der Waals surface area contributed by atoms with Gasteiger partial charge in [-0.3, -0.25) is 4.79 Å².